The number of carbonyl (C=O) groups is 1. The van der Waals surface area contributed by atoms with Crippen LogP contribution in [0.3, 0.4) is 0 Å². The molecule has 2 aromatic rings. The van der Waals surface area contributed by atoms with Crippen molar-refractivity contribution in [1.29, 1.82) is 0 Å². The Morgan fingerprint density at radius 1 is 1.35 bits per heavy atom. The van der Waals surface area contributed by atoms with Crippen molar-refractivity contribution in [2.45, 2.75) is 51.6 Å². The van der Waals surface area contributed by atoms with E-state index in [1.807, 2.05) is 23.2 Å². The second kappa shape index (κ2) is 7.84. The molecule has 1 amide bonds. The molecule has 0 bridgehead atoms. The molecule has 0 N–H and O–H groups in total. The topological polar surface area (TPSA) is 49.3 Å². The first-order chi connectivity index (χ1) is 12.7. The number of rotatable bonds is 4. The van der Waals surface area contributed by atoms with Crippen molar-refractivity contribution in [2.75, 3.05) is 18.5 Å². The number of aromatic nitrogens is 2. The number of hydrogen-bond donors (Lipinski definition) is 0. The van der Waals surface area contributed by atoms with Gasteiger partial charge in [0.25, 0.3) is 0 Å². The molecule has 6 heteroatoms. The summed E-state index contributed by atoms with van der Waals surface area (Å²) in [5.74, 6) is 0.386. The van der Waals surface area contributed by atoms with E-state index in [9.17, 15) is 4.79 Å². The molecule has 26 heavy (non-hydrogen) atoms. The molecule has 3 heterocycles. The Morgan fingerprint density at radius 3 is 2.96 bits per heavy atom. The van der Waals surface area contributed by atoms with E-state index in [-0.39, 0.29) is 11.8 Å². The van der Waals surface area contributed by atoms with Crippen LogP contribution in [0.4, 0.5) is 5.13 Å². The number of likely N-dealkylation sites (N-methyl/N-ethyl adjacent to an activating group) is 1. The number of anilines is 1. The summed E-state index contributed by atoms with van der Waals surface area (Å²) in [5.41, 5.74) is 2.23. The molecule has 0 aromatic carbocycles. The van der Waals surface area contributed by atoms with E-state index in [4.69, 9.17) is 4.98 Å². The summed E-state index contributed by atoms with van der Waals surface area (Å²) in [7, 11) is 2.14. The van der Waals surface area contributed by atoms with Gasteiger partial charge in [0.2, 0.25) is 5.91 Å². The lowest BCUT2D eigenvalue weighted by Crippen LogP contribution is -2.36. The zero-order chi connectivity index (χ0) is 17.9. The predicted molar refractivity (Wildman–Crippen MR) is 104 cm³/mol. The number of nitrogens with zero attached hydrogens (tertiary/aromatic N) is 4. The van der Waals surface area contributed by atoms with Crippen LogP contribution < -0.4 is 4.90 Å². The highest BCUT2D eigenvalue weighted by molar-refractivity contribution is 7.15. The van der Waals surface area contributed by atoms with Crippen LogP contribution >= 0.6 is 11.3 Å². The lowest BCUT2D eigenvalue weighted by Gasteiger charge is -2.27. The van der Waals surface area contributed by atoms with E-state index in [1.54, 1.807) is 17.5 Å². The Bertz CT molecular complexity index is 754. The standard InChI is InChI=1S/C20H26N4OS/c1-23-11-9-17-18(14-23)26-20(22-17)24(13-15-6-5-10-21-12-15)19(25)16-7-3-2-4-8-16/h5-6,10,12,16H,2-4,7-9,11,13-14H2,1H3. The molecule has 138 valence electrons. The molecule has 1 fully saturated rings. The van der Waals surface area contributed by atoms with Crippen molar-refractivity contribution < 1.29 is 4.79 Å². The minimum atomic E-state index is 0.143. The monoisotopic (exact) mass is 370 g/mol. The molecule has 0 saturated heterocycles. The Morgan fingerprint density at radius 2 is 2.19 bits per heavy atom. The summed E-state index contributed by atoms with van der Waals surface area (Å²) >= 11 is 1.69. The van der Waals surface area contributed by atoms with E-state index in [0.717, 1.165) is 55.9 Å². The third-order valence-electron chi connectivity index (χ3n) is 5.43. The fourth-order valence-corrected chi connectivity index (χ4v) is 5.10. The van der Waals surface area contributed by atoms with Gasteiger partial charge in [0.1, 0.15) is 0 Å². The fraction of sp³-hybridized carbons (Fsp3) is 0.550. The highest BCUT2D eigenvalue weighted by atomic mass is 32.1. The van der Waals surface area contributed by atoms with E-state index < -0.39 is 0 Å². The zero-order valence-electron chi connectivity index (χ0n) is 15.4. The number of amides is 1. The molecule has 0 atom stereocenters. The summed E-state index contributed by atoms with van der Waals surface area (Å²) in [4.78, 5) is 28.0. The van der Waals surface area contributed by atoms with Crippen LogP contribution in [-0.4, -0.2) is 34.4 Å². The van der Waals surface area contributed by atoms with Crippen molar-refractivity contribution in [3.8, 4) is 0 Å². The van der Waals surface area contributed by atoms with Crippen LogP contribution in [0.2, 0.25) is 0 Å². The maximum atomic E-state index is 13.3. The molecular formula is C20H26N4OS. The first kappa shape index (κ1) is 17.6. The van der Waals surface area contributed by atoms with Gasteiger partial charge in [-0.25, -0.2) is 4.98 Å². The molecular weight excluding hydrogens is 344 g/mol. The van der Waals surface area contributed by atoms with Crippen LogP contribution in [0, 0.1) is 5.92 Å². The van der Waals surface area contributed by atoms with Crippen molar-refractivity contribution in [2.24, 2.45) is 5.92 Å². The van der Waals surface area contributed by atoms with Gasteiger partial charge in [0, 0.05) is 42.7 Å². The molecule has 0 radical (unpaired) electrons. The number of pyridine rings is 1. The molecule has 1 aliphatic carbocycles. The van der Waals surface area contributed by atoms with Gasteiger partial charge in [-0.15, -0.1) is 0 Å². The van der Waals surface area contributed by atoms with Gasteiger partial charge < -0.3 is 4.90 Å². The SMILES string of the molecule is CN1CCc2nc(N(Cc3cccnc3)C(=O)C3CCCCC3)sc2C1. The average molecular weight is 371 g/mol. The Balaban J connectivity index is 1.62. The first-order valence-electron chi connectivity index (χ1n) is 9.58. The lowest BCUT2D eigenvalue weighted by atomic mass is 9.88. The van der Waals surface area contributed by atoms with Gasteiger partial charge >= 0.3 is 0 Å². The smallest absolute Gasteiger partial charge is 0.232 e. The van der Waals surface area contributed by atoms with E-state index in [0.29, 0.717) is 6.54 Å². The second-order valence-electron chi connectivity index (χ2n) is 7.47. The maximum Gasteiger partial charge on any atom is 0.232 e. The van der Waals surface area contributed by atoms with Crippen LogP contribution in [0.25, 0.3) is 0 Å². The first-order valence-corrected chi connectivity index (χ1v) is 10.4. The molecule has 0 unspecified atom stereocenters. The van der Waals surface area contributed by atoms with Crippen molar-refractivity contribution in [3.05, 3.63) is 40.7 Å². The molecule has 5 nitrogen and oxygen atoms in total. The highest BCUT2D eigenvalue weighted by Crippen LogP contribution is 2.34. The summed E-state index contributed by atoms with van der Waals surface area (Å²) in [6.07, 6.45) is 10.2. The summed E-state index contributed by atoms with van der Waals surface area (Å²) in [6.45, 7) is 2.53. The van der Waals surface area contributed by atoms with E-state index in [1.165, 1.54) is 17.0 Å². The number of thiazole rings is 1. The molecule has 1 aliphatic heterocycles. The van der Waals surface area contributed by atoms with Crippen LogP contribution in [0.1, 0.15) is 48.2 Å². The number of fused-ring (bicyclic) bond motifs is 1. The third-order valence-corrected chi connectivity index (χ3v) is 6.53. The van der Waals surface area contributed by atoms with Crippen molar-refractivity contribution >= 4 is 22.4 Å². The molecule has 2 aromatic heterocycles. The molecule has 4 rings (SSSR count). The minimum Gasteiger partial charge on any atom is -0.301 e. The van der Waals surface area contributed by atoms with Crippen LogP contribution in [-0.2, 0) is 24.3 Å². The van der Waals surface area contributed by atoms with Gasteiger partial charge in [-0.3, -0.25) is 14.7 Å². The molecule has 2 aliphatic rings. The van der Waals surface area contributed by atoms with Crippen molar-refractivity contribution in [1.82, 2.24) is 14.9 Å². The number of carbonyl (C=O) groups excluding carboxylic acids is 1. The maximum absolute atomic E-state index is 13.3. The minimum absolute atomic E-state index is 0.143. The molecule has 0 spiro atoms. The largest absolute Gasteiger partial charge is 0.301 e. The average Bonchev–Trinajstić information content (AvgIpc) is 3.10. The van der Waals surface area contributed by atoms with Gasteiger partial charge in [0.05, 0.1) is 12.2 Å². The normalized spacial score (nSPS) is 18.5. The zero-order valence-corrected chi connectivity index (χ0v) is 16.2. The van der Waals surface area contributed by atoms with E-state index in [2.05, 4.69) is 16.9 Å². The number of hydrogen-bond acceptors (Lipinski definition) is 5. The highest BCUT2D eigenvalue weighted by Gasteiger charge is 2.30. The van der Waals surface area contributed by atoms with Crippen LogP contribution in [0.15, 0.2) is 24.5 Å². The van der Waals surface area contributed by atoms with Gasteiger partial charge in [-0.1, -0.05) is 36.7 Å². The van der Waals surface area contributed by atoms with Crippen LogP contribution in [0.5, 0.6) is 0 Å². The van der Waals surface area contributed by atoms with Gasteiger partial charge in [0.15, 0.2) is 5.13 Å². The summed E-state index contributed by atoms with van der Waals surface area (Å²) in [5, 5.41) is 0.865. The van der Waals surface area contributed by atoms with Gasteiger partial charge in [-0.05, 0) is 31.5 Å². The quantitative estimate of drug-likeness (QED) is 0.824. The second-order valence-corrected chi connectivity index (χ2v) is 8.54. The Labute approximate surface area is 159 Å². The fourth-order valence-electron chi connectivity index (χ4n) is 3.91. The Kier molecular flexibility index (Phi) is 5.31. The lowest BCUT2D eigenvalue weighted by molar-refractivity contribution is -0.123. The third kappa shape index (κ3) is 3.81. The molecule has 1 saturated carbocycles. The summed E-state index contributed by atoms with van der Waals surface area (Å²) < 4.78 is 0. The summed E-state index contributed by atoms with van der Waals surface area (Å²) in [6, 6.07) is 3.97. The van der Waals surface area contributed by atoms with Crippen molar-refractivity contribution in [3.63, 3.8) is 0 Å². The Hall–Kier alpha value is -1.79. The predicted octanol–water partition coefficient (Wildman–Crippen LogP) is 3.64. The van der Waals surface area contributed by atoms with E-state index >= 15 is 0 Å². The van der Waals surface area contributed by atoms with Gasteiger partial charge in [-0.2, -0.15) is 0 Å².